The Balaban J connectivity index is 5.62. The highest BCUT2D eigenvalue weighted by molar-refractivity contribution is 6.06. The average molecular weight is 268 g/mol. The molecular weight excluding hydrogens is 256 g/mol. The molecule has 0 atom stereocenters. The lowest BCUT2D eigenvalue weighted by Crippen LogP contribution is -2.36. The van der Waals surface area contributed by atoms with Gasteiger partial charge in [0.2, 0.25) is 5.91 Å². The van der Waals surface area contributed by atoms with Crippen LogP contribution in [0, 0.1) is 0 Å². The molecule has 0 fully saturated rings. The molecule has 8 nitrogen and oxygen atoms in total. The van der Waals surface area contributed by atoms with Crippen molar-refractivity contribution < 1.29 is 29.4 Å². The largest absolute Gasteiger partial charge is 0.477 e. The fraction of sp³-hybridized carbons (Fsp3) is 0.0909. The van der Waals surface area contributed by atoms with Gasteiger partial charge in [0.1, 0.15) is 0 Å². The lowest BCUT2D eigenvalue weighted by Gasteiger charge is -2.10. The number of carboxylic acid groups (broad SMARTS) is 2. The van der Waals surface area contributed by atoms with Crippen LogP contribution < -0.4 is 10.6 Å². The highest BCUT2D eigenvalue weighted by Crippen LogP contribution is 2.02. The molecule has 0 bridgehead atoms. The highest BCUT2D eigenvalue weighted by Gasteiger charge is 2.23. The Morgan fingerprint density at radius 3 is 1.74 bits per heavy atom. The molecule has 0 aromatic rings. The van der Waals surface area contributed by atoms with Gasteiger partial charge in [-0.15, -0.1) is 0 Å². The molecule has 0 rings (SSSR count). The Kier molecular flexibility index (Phi) is 5.71. The average Bonchev–Trinajstić information content (AvgIpc) is 2.31. The van der Waals surface area contributed by atoms with Crippen LogP contribution >= 0.6 is 0 Å². The van der Waals surface area contributed by atoms with E-state index in [4.69, 9.17) is 10.2 Å². The van der Waals surface area contributed by atoms with Gasteiger partial charge in [0.25, 0.3) is 5.91 Å². The van der Waals surface area contributed by atoms with Crippen molar-refractivity contribution in [2.45, 2.75) is 6.92 Å². The summed E-state index contributed by atoms with van der Waals surface area (Å²) >= 11 is 0. The standard InChI is InChI=1S/C11H12N2O6/c1-4-6(14)12-7(10(16)17)8(11(18)19)13-9(15)5(2)3/h4H,1-2H2,3H3,(H,12,14)(H,13,15)(H,16,17)(H,18,19)/b8-7-. The van der Waals surface area contributed by atoms with E-state index in [0.717, 1.165) is 6.08 Å². The van der Waals surface area contributed by atoms with E-state index in [1.54, 1.807) is 5.32 Å². The fourth-order valence-corrected chi connectivity index (χ4v) is 0.840. The lowest BCUT2D eigenvalue weighted by molar-refractivity contribution is -0.137. The van der Waals surface area contributed by atoms with E-state index in [2.05, 4.69) is 13.2 Å². The third-order valence-electron chi connectivity index (χ3n) is 1.74. The molecule has 0 aromatic heterocycles. The van der Waals surface area contributed by atoms with Crippen LogP contribution in [0.5, 0.6) is 0 Å². The predicted molar refractivity (Wildman–Crippen MR) is 63.6 cm³/mol. The monoisotopic (exact) mass is 268 g/mol. The molecule has 0 aliphatic heterocycles. The minimum Gasteiger partial charge on any atom is -0.477 e. The third-order valence-corrected chi connectivity index (χ3v) is 1.74. The third kappa shape index (κ3) is 4.86. The molecule has 0 saturated heterocycles. The van der Waals surface area contributed by atoms with Crippen molar-refractivity contribution in [3.63, 3.8) is 0 Å². The molecule has 0 heterocycles. The molecule has 0 saturated carbocycles. The van der Waals surface area contributed by atoms with Gasteiger partial charge in [-0.05, 0) is 13.0 Å². The molecule has 8 heteroatoms. The maximum absolute atomic E-state index is 11.3. The van der Waals surface area contributed by atoms with Crippen molar-refractivity contribution in [2.24, 2.45) is 0 Å². The van der Waals surface area contributed by atoms with Crippen LogP contribution in [0.2, 0.25) is 0 Å². The van der Waals surface area contributed by atoms with Crippen molar-refractivity contribution >= 4 is 23.8 Å². The van der Waals surface area contributed by atoms with Crippen LogP contribution in [0.25, 0.3) is 0 Å². The Bertz CT molecular complexity index is 503. The van der Waals surface area contributed by atoms with E-state index in [1.165, 1.54) is 6.92 Å². The lowest BCUT2D eigenvalue weighted by atomic mass is 10.2. The summed E-state index contributed by atoms with van der Waals surface area (Å²) in [6.07, 6.45) is 0.753. The zero-order valence-electron chi connectivity index (χ0n) is 10.0. The van der Waals surface area contributed by atoms with Crippen LogP contribution in [0.4, 0.5) is 0 Å². The van der Waals surface area contributed by atoms with E-state index in [-0.39, 0.29) is 5.57 Å². The summed E-state index contributed by atoms with van der Waals surface area (Å²) in [6.45, 7) is 7.66. The Morgan fingerprint density at radius 1 is 1.00 bits per heavy atom. The number of carbonyl (C=O) groups is 4. The second-order valence-electron chi connectivity index (χ2n) is 3.29. The van der Waals surface area contributed by atoms with Crippen molar-refractivity contribution in [2.75, 3.05) is 0 Å². The van der Waals surface area contributed by atoms with E-state index >= 15 is 0 Å². The smallest absolute Gasteiger partial charge is 0.354 e. The number of carboxylic acids is 2. The second-order valence-corrected chi connectivity index (χ2v) is 3.29. The zero-order chi connectivity index (χ0) is 15.2. The van der Waals surface area contributed by atoms with Gasteiger partial charge in [-0.25, -0.2) is 9.59 Å². The molecule has 0 aliphatic carbocycles. The minimum atomic E-state index is -1.73. The quantitative estimate of drug-likeness (QED) is 0.474. The van der Waals surface area contributed by atoms with Gasteiger partial charge >= 0.3 is 11.9 Å². The van der Waals surface area contributed by atoms with E-state index in [0.29, 0.717) is 0 Å². The Hall–Kier alpha value is -2.90. The van der Waals surface area contributed by atoms with Gasteiger partial charge in [0.05, 0.1) is 0 Å². The summed E-state index contributed by atoms with van der Waals surface area (Å²) in [5.74, 6) is -5.27. The van der Waals surface area contributed by atoms with Gasteiger partial charge < -0.3 is 20.8 Å². The van der Waals surface area contributed by atoms with Gasteiger partial charge in [-0.3, -0.25) is 9.59 Å². The maximum Gasteiger partial charge on any atom is 0.354 e. The highest BCUT2D eigenvalue weighted by atomic mass is 16.4. The first-order valence-corrected chi connectivity index (χ1v) is 4.81. The number of hydrogen-bond donors (Lipinski definition) is 4. The summed E-state index contributed by atoms with van der Waals surface area (Å²) in [5.41, 5.74) is -1.98. The first-order valence-electron chi connectivity index (χ1n) is 4.81. The van der Waals surface area contributed by atoms with Gasteiger partial charge in [0, 0.05) is 5.57 Å². The van der Waals surface area contributed by atoms with E-state index in [1.807, 2.05) is 5.32 Å². The van der Waals surface area contributed by atoms with Gasteiger partial charge in [-0.1, -0.05) is 13.2 Å². The summed E-state index contributed by atoms with van der Waals surface area (Å²) in [7, 11) is 0. The van der Waals surface area contributed by atoms with Gasteiger partial charge in [-0.2, -0.15) is 0 Å². The zero-order valence-corrected chi connectivity index (χ0v) is 10.0. The predicted octanol–water partition coefficient (Wildman–Crippen LogP) is -0.638. The Labute approximate surface area is 108 Å². The number of carbonyl (C=O) groups excluding carboxylic acids is 2. The van der Waals surface area contributed by atoms with E-state index in [9.17, 15) is 19.2 Å². The molecule has 0 unspecified atom stereocenters. The van der Waals surface area contributed by atoms with Crippen molar-refractivity contribution in [1.29, 1.82) is 0 Å². The molecule has 0 spiro atoms. The molecule has 0 aliphatic rings. The second kappa shape index (κ2) is 6.74. The first-order chi connectivity index (χ1) is 8.70. The van der Waals surface area contributed by atoms with E-state index < -0.39 is 35.1 Å². The minimum absolute atomic E-state index is 0.0291. The topological polar surface area (TPSA) is 133 Å². The van der Waals surface area contributed by atoms with Crippen LogP contribution in [0.1, 0.15) is 6.92 Å². The summed E-state index contributed by atoms with van der Waals surface area (Å²) in [5, 5.41) is 21.3. The molecule has 0 radical (unpaired) electrons. The van der Waals surface area contributed by atoms with Crippen molar-refractivity contribution in [1.82, 2.24) is 10.6 Å². The molecular formula is C11H12N2O6. The Morgan fingerprint density at radius 2 is 1.42 bits per heavy atom. The molecule has 0 aromatic carbocycles. The van der Waals surface area contributed by atoms with Crippen LogP contribution in [0.3, 0.4) is 0 Å². The fourth-order valence-electron chi connectivity index (χ4n) is 0.840. The summed E-state index contributed by atoms with van der Waals surface area (Å²) < 4.78 is 0. The van der Waals surface area contributed by atoms with Crippen LogP contribution in [0.15, 0.2) is 36.2 Å². The SMILES string of the molecule is C=CC(=O)N/C(C(=O)O)=C(\NC(=O)C(=C)C)C(=O)O. The number of nitrogens with one attached hydrogen (secondary N) is 2. The summed E-state index contributed by atoms with van der Waals surface area (Å²) in [4.78, 5) is 44.2. The van der Waals surface area contributed by atoms with Crippen LogP contribution in [-0.2, 0) is 19.2 Å². The number of amides is 2. The summed E-state index contributed by atoms with van der Waals surface area (Å²) in [6, 6.07) is 0. The number of rotatable bonds is 6. The first kappa shape index (κ1) is 16.1. The van der Waals surface area contributed by atoms with Gasteiger partial charge in [0.15, 0.2) is 11.4 Å². The number of aliphatic carboxylic acids is 2. The van der Waals surface area contributed by atoms with Crippen LogP contribution in [-0.4, -0.2) is 34.0 Å². The molecule has 4 N–H and O–H groups in total. The molecule has 19 heavy (non-hydrogen) atoms. The number of hydrogen-bond acceptors (Lipinski definition) is 4. The molecule has 2 amide bonds. The van der Waals surface area contributed by atoms with Crippen molar-refractivity contribution in [3.05, 3.63) is 36.2 Å². The van der Waals surface area contributed by atoms with Crippen molar-refractivity contribution in [3.8, 4) is 0 Å². The maximum atomic E-state index is 11.3. The molecule has 102 valence electrons. The normalized spacial score (nSPS) is 10.8.